The molecule has 4 atom stereocenters. The van der Waals surface area contributed by atoms with Crippen LogP contribution in [0, 0.1) is 11.8 Å². The minimum Gasteiger partial charge on any atom is -0.504 e. The summed E-state index contributed by atoms with van der Waals surface area (Å²) in [7, 11) is 1.26. The highest BCUT2D eigenvalue weighted by Gasteiger charge is 2.47. The van der Waals surface area contributed by atoms with E-state index in [9.17, 15) is 19.5 Å². The monoisotopic (exact) mass is 471 g/mol. The molecule has 1 aliphatic carbocycles. The van der Waals surface area contributed by atoms with E-state index < -0.39 is 23.8 Å². The third kappa shape index (κ3) is 4.67. The van der Waals surface area contributed by atoms with Gasteiger partial charge in [-0.05, 0) is 57.2 Å². The Labute approximate surface area is 200 Å². The Bertz CT molecular complexity index is 1060. The lowest BCUT2D eigenvalue weighted by Crippen LogP contribution is -2.43. The van der Waals surface area contributed by atoms with Gasteiger partial charge in [-0.2, -0.15) is 0 Å². The van der Waals surface area contributed by atoms with Gasteiger partial charge < -0.3 is 24.6 Å². The van der Waals surface area contributed by atoms with Crippen molar-refractivity contribution in [3.8, 4) is 11.5 Å². The molecular weight excluding hydrogens is 438 g/mol. The number of hydrogen-bond donors (Lipinski definition) is 2. The minimum absolute atomic E-state index is 0.0470. The van der Waals surface area contributed by atoms with Gasteiger partial charge in [-0.15, -0.1) is 0 Å². The van der Waals surface area contributed by atoms with Gasteiger partial charge in [-0.3, -0.25) is 9.59 Å². The molecule has 34 heavy (non-hydrogen) atoms. The number of phenolic OH excluding ortho intramolecular Hbond substituents is 1. The normalized spacial score (nSPS) is 23.1. The number of dihydropyridines is 1. The van der Waals surface area contributed by atoms with Gasteiger partial charge in [-0.1, -0.05) is 19.9 Å². The number of carbonyl (C=O) groups excluding carboxylic acids is 3. The van der Waals surface area contributed by atoms with E-state index in [0.29, 0.717) is 47.6 Å². The molecule has 0 aromatic heterocycles. The van der Waals surface area contributed by atoms with Crippen LogP contribution in [0.25, 0.3) is 0 Å². The predicted octanol–water partition coefficient (Wildman–Crippen LogP) is 3.75. The van der Waals surface area contributed by atoms with Crippen LogP contribution in [0.1, 0.15) is 58.9 Å². The number of hydrogen-bond acceptors (Lipinski definition) is 8. The summed E-state index contributed by atoms with van der Waals surface area (Å²) in [5.41, 5.74) is 2.46. The molecule has 0 fully saturated rings. The van der Waals surface area contributed by atoms with Crippen molar-refractivity contribution in [3.05, 3.63) is 46.3 Å². The van der Waals surface area contributed by atoms with Crippen LogP contribution in [0.3, 0.4) is 0 Å². The van der Waals surface area contributed by atoms with E-state index >= 15 is 0 Å². The van der Waals surface area contributed by atoms with Gasteiger partial charge in [0.25, 0.3) is 0 Å². The number of allylic oxidation sites excluding steroid dienone is 3. The standard InChI is InChI=1S/C26H33NO7/c1-7-14(4)34-26(31)21-15(5)27-17-11-13(3)20(25(30)32-6)24(29)23(17)22(21)16-9-10-18(28)19(12-16)33-8-2/h9-10,12-14,20,22,27-28H,7-8,11H2,1-6H3/t13-,14-,20-,22-/m1/s1. The van der Waals surface area contributed by atoms with Crippen LogP contribution in [0.2, 0.25) is 0 Å². The van der Waals surface area contributed by atoms with Crippen molar-refractivity contribution < 1.29 is 33.7 Å². The lowest BCUT2D eigenvalue weighted by molar-refractivity contribution is -0.151. The zero-order valence-corrected chi connectivity index (χ0v) is 20.6. The van der Waals surface area contributed by atoms with Crippen molar-refractivity contribution in [3.63, 3.8) is 0 Å². The number of benzene rings is 1. The van der Waals surface area contributed by atoms with Crippen LogP contribution in [-0.4, -0.2) is 42.6 Å². The fourth-order valence-corrected chi connectivity index (χ4v) is 4.60. The van der Waals surface area contributed by atoms with Crippen molar-refractivity contribution in [1.29, 1.82) is 0 Å². The van der Waals surface area contributed by atoms with Gasteiger partial charge in [0.15, 0.2) is 17.3 Å². The molecule has 8 heteroatoms. The Hall–Kier alpha value is -3.29. The summed E-state index contributed by atoms with van der Waals surface area (Å²) in [6, 6.07) is 4.76. The molecule has 0 saturated heterocycles. The number of phenols is 1. The topological polar surface area (TPSA) is 111 Å². The fourth-order valence-electron chi connectivity index (χ4n) is 4.60. The number of aromatic hydroxyl groups is 1. The van der Waals surface area contributed by atoms with Crippen molar-refractivity contribution in [2.24, 2.45) is 11.8 Å². The molecule has 0 saturated carbocycles. The van der Waals surface area contributed by atoms with E-state index in [2.05, 4.69) is 5.32 Å². The van der Waals surface area contributed by atoms with Gasteiger partial charge in [0.1, 0.15) is 5.92 Å². The van der Waals surface area contributed by atoms with Crippen molar-refractivity contribution in [1.82, 2.24) is 5.32 Å². The first-order chi connectivity index (χ1) is 16.1. The number of carbonyl (C=O) groups is 3. The molecular formula is C26H33NO7. The van der Waals surface area contributed by atoms with Gasteiger partial charge >= 0.3 is 11.9 Å². The van der Waals surface area contributed by atoms with E-state index in [1.54, 1.807) is 32.9 Å². The summed E-state index contributed by atoms with van der Waals surface area (Å²) < 4.78 is 16.1. The molecule has 0 bridgehead atoms. The zero-order valence-electron chi connectivity index (χ0n) is 20.6. The smallest absolute Gasteiger partial charge is 0.337 e. The van der Waals surface area contributed by atoms with Crippen LogP contribution in [-0.2, 0) is 23.9 Å². The van der Waals surface area contributed by atoms with Gasteiger partial charge in [0, 0.05) is 22.9 Å². The quantitative estimate of drug-likeness (QED) is 0.457. The van der Waals surface area contributed by atoms with Gasteiger partial charge in [-0.25, -0.2) is 4.79 Å². The molecule has 3 rings (SSSR count). The van der Waals surface area contributed by atoms with Crippen molar-refractivity contribution >= 4 is 17.7 Å². The second kappa shape index (κ2) is 10.3. The number of Topliss-reactive ketones (excluding diaryl/α,β-unsaturated/α-hetero) is 1. The average Bonchev–Trinajstić information content (AvgIpc) is 2.79. The molecule has 2 N–H and O–H groups in total. The average molecular weight is 472 g/mol. The first kappa shape index (κ1) is 25.3. The van der Waals surface area contributed by atoms with E-state index in [4.69, 9.17) is 14.2 Å². The lowest BCUT2D eigenvalue weighted by atomic mass is 9.69. The van der Waals surface area contributed by atoms with E-state index in [-0.39, 0.29) is 29.3 Å². The Morgan fingerprint density at radius 1 is 1.26 bits per heavy atom. The SMILES string of the molecule is CCOc1cc([C@@H]2C(C(=O)O[C@H](C)CC)=C(C)NC3=C2C(=O)[C@H](C(=O)OC)[C@H](C)C3)ccc1O. The Balaban J connectivity index is 2.20. The summed E-state index contributed by atoms with van der Waals surface area (Å²) in [5.74, 6) is -3.36. The second-order valence-corrected chi connectivity index (χ2v) is 8.82. The molecule has 0 radical (unpaired) electrons. The summed E-state index contributed by atoms with van der Waals surface area (Å²) in [5, 5.41) is 13.5. The third-order valence-electron chi connectivity index (χ3n) is 6.46. The molecule has 1 aliphatic heterocycles. The zero-order chi connectivity index (χ0) is 25.2. The molecule has 0 unspecified atom stereocenters. The van der Waals surface area contributed by atoms with Crippen molar-refractivity contribution in [2.45, 2.75) is 59.5 Å². The number of methoxy groups -OCH3 is 1. The second-order valence-electron chi connectivity index (χ2n) is 8.82. The fraction of sp³-hybridized carbons (Fsp3) is 0.500. The van der Waals surface area contributed by atoms with Crippen LogP contribution >= 0.6 is 0 Å². The number of esters is 2. The molecule has 1 aromatic rings. The van der Waals surface area contributed by atoms with Crippen LogP contribution < -0.4 is 10.1 Å². The highest BCUT2D eigenvalue weighted by molar-refractivity contribution is 6.12. The Morgan fingerprint density at radius 3 is 2.59 bits per heavy atom. The van der Waals surface area contributed by atoms with Crippen LogP contribution in [0.4, 0.5) is 0 Å². The van der Waals surface area contributed by atoms with Crippen molar-refractivity contribution in [2.75, 3.05) is 13.7 Å². The molecule has 8 nitrogen and oxygen atoms in total. The summed E-state index contributed by atoms with van der Waals surface area (Å²) in [6.07, 6.45) is 0.768. The highest BCUT2D eigenvalue weighted by atomic mass is 16.5. The first-order valence-electron chi connectivity index (χ1n) is 11.6. The van der Waals surface area contributed by atoms with E-state index in [1.165, 1.54) is 13.2 Å². The minimum atomic E-state index is -0.971. The summed E-state index contributed by atoms with van der Waals surface area (Å²) >= 11 is 0. The number of ether oxygens (including phenoxy) is 3. The molecule has 0 spiro atoms. The summed E-state index contributed by atoms with van der Waals surface area (Å²) in [6.45, 7) is 9.45. The maximum atomic E-state index is 13.7. The Kier molecular flexibility index (Phi) is 7.69. The van der Waals surface area contributed by atoms with Gasteiger partial charge in [0.2, 0.25) is 0 Å². The first-order valence-corrected chi connectivity index (χ1v) is 11.6. The summed E-state index contributed by atoms with van der Waals surface area (Å²) in [4.78, 5) is 39.6. The van der Waals surface area contributed by atoms with E-state index in [0.717, 1.165) is 0 Å². The maximum Gasteiger partial charge on any atom is 0.337 e. The Morgan fingerprint density at radius 2 is 1.97 bits per heavy atom. The lowest BCUT2D eigenvalue weighted by Gasteiger charge is -2.38. The number of rotatable bonds is 7. The predicted molar refractivity (Wildman–Crippen MR) is 125 cm³/mol. The highest BCUT2D eigenvalue weighted by Crippen LogP contribution is 2.46. The van der Waals surface area contributed by atoms with E-state index in [1.807, 2.05) is 13.8 Å². The molecule has 2 aliphatic rings. The van der Waals surface area contributed by atoms with Crippen LogP contribution in [0.5, 0.6) is 11.5 Å². The van der Waals surface area contributed by atoms with Crippen LogP contribution in [0.15, 0.2) is 40.7 Å². The van der Waals surface area contributed by atoms with Gasteiger partial charge in [0.05, 0.1) is 25.4 Å². The number of ketones is 1. The maximum absolute atomic E-state index is 13.7. The molecule has 0 amide bonds. The molecule has 1 heterocycles. The number of nitrogens with one attached hydrogen (secondary N) is 1. The third-order valence-corrected chi connectivity index (χ3v) is 6.46. The largest absolute Gasteiger partial charge is 0.504 e. The molecule has 184 valence electrons. The molecule has 1 aromatic carbocycles.